The molecule has 0 spiro atoms. The van der Waals surface area contributed by atoms with Gasteiger partial charge in [0.05, 0.1) is 0 Å². The Balaban J connectivity index is 1.88. The van der Waals surface area contributed by atoms with E-state index in [2.05, 4.69) is 11.8 Å². The van der Waals surface area contributed by atoms with Crippen LogP contribution in [0.4, 0.5) is 0 Å². The predicted molar refractivity (Wildman–Crippen MR) is 66.8 cm³/mol. The maximum Gasteiger partial charge on any atom is 0.323 e. The van der Waals surface area contributed by atoms with Gasteiger partial charge in [-0.15, -0.1) is 0 Å². The molecule has 0 aromatic rings. The summed E-state index contributed by atoms with van der Waals surface area (Å²) >= 11 is 0. The molecule has 98 valence electrons. The van der Waals surface area contributed by atoms with Gasteiger partial charge in [0.2, 0.25) is 0 Å². The van der Waals surface area contributed by atoms with Crippen LogP contribution in [0.15, 0.2) is 0 Å². The first-order chi connectivity index (χ1) is 8.05. The molecule has 3 unspecified atom stereocenters. The van der Waals surface area contributed by atoms with Crippen molar-refractivity contribution in [3.8, 4) is 0 Å². The first-order valence-corrected chi connectivity index (χ1v) is 6.81. The summed E-state index contributed by atoms with van der Waals surface area (Å²) in [6.45, 7) is 4.51. The minimum absolute atomic E-state index is 0.401. The number of aliphatic carboxylic acids is 1. The van der Waals surface area contributed by atoms with Crippen molar-refractivity contribution in [3.05, 3.63) is 0 Å². The average Bonchev–Trinajstić information content (AvgIpc) is 2.86. The third-order valence-electron chi connectivity index (χ3n) is 4.48. The molecule has 1 saturated heterocycles. The summed E-state index contributed by atoms with van der Waals surface area (Å²) in [5.74, 6) is -0.0121. The molecule has 0 bridgehead atoms. The molecule has 1 saturated carbocycles. The Bertz CT molecular complexity index is 295. The Morgan fingerprint density at radius 3 is 2.88 bits per heavy atom. The van der Waals surface area contributed by atoms with E-state index in [0.29, 0.717) is 18.9 Å². The van der Waals surface area contributed by atoms with E-state index in [-0.39, 0.29) is 0 Å². The maximum atomic E-state index is 11.1. The van der Waals surface area contributed by atoms with Gasteiger partial charge in [-0.05, 0) is 44.6 Å². The van der Waals surface area contributed by atoms with Crippen LogP contribution in [0.2, 0.25) is 0 Å². The third kappa shape index (κ3) is 2.63. The first kappa shape index (κ1) is 12.8. The third-order valence-corrected chi connectivity index (χ3v) is 4.48. The predicted octanol–water partition coefficient (Wildman–Crippen LogP) is 1.44. The van der Waals surface area contributed by atoms with Gasteiger partial charge in [-0.2, -0.15) is 0 Å². The zero-order valence-electron chi connectivity index (χ0n) is 10.7. The lowest BCUT2D eigenvalue weighted by molar-refractivity contribution is -0.143. The van der Waals surface area contributed by atoms with Crippen molar-refractivity contribution < 1.29 is 9.90 Å². The fourth-order valence-corrected chi connectivity index (χ4v) is 3.39. The smallest absolute Gasteiger partial charge is 0.323 e. The molecule has 0 radical (unpaired) electrons. The van der Waals surface area contributed by atoms with Crippen LogP contribution in [0.25, 0.3) is 0 Å². The topological polar surface area (TPSA) is 66.6 Å². The standard InChI is InChI=1S/C13H24N2O2/c1-2-3-10-5-7-15(9-10)11-4-6-13(14,8-11)12(16)17/h10-11H,2-9,14H2,1H3,(H,16,17). The van der Waals surface area contributed by atoms with Crippen LogP contribution in [-0.4, -0.2) is 40.6 Å². The zero-order chi connectivity index (χ0) is 12.5. The van der Waals surface area contributed by atoms with Crippen LogP contribution in [0, 0.1) is 5.92 Å². The lowest BCUT2D eigenvalue weighted by Gasteiger charge is -2.25. The summed E-state index contributed by atoms with van der Waals surface area (Å²) in [6.07, 6.45) is 6.02. The quantitative estimate of drug-likeness (QED) is 0.780. The van der Waals surface area contributed by atoms with Crippen molar-refractivity contribution in [3.63, 3.8) is 0 Å². The highest BCUT2D eigenvalue weighted by Gasteiger charge is 2.44. The molecule has 3 atom stereocenters. The van der Waals surface area contributed by atoms with Crippen molar-refractivity contribution in [2.24, 2.45) is 11.7 Å². The number of nitrogens with zero attached hydrogens (tertiary/aromatic N) is 1. The fraction of sp³-hybridized carbons (Fsp3) is 0.923. The van der Waals surface area contributed by atoms with Crippen LogP contribution in [-0.2, 0) is 4.79 Å². The molecular formula is C13H24N2O2. The molecule has 1 heterocycles. The Hall–Kier alpha value is -0.610. The van der Waals surface area contributed by atoms with Gasteiger partial charge in [0.1, 0.15) is 5.54 Å². The summed E-state index contributed by atoms with van der Waals surface area (Å²) in [7, 11) is 0. The maximum absolute atomic E-state index is 11.1. The summed E-state index contributed by atoms with van der Waals surface area (Å²) < 4.78 is 0. The molecule has 0 amide bonds. The fourth-order valence-electron chi connectivity index (χ4n) is 3.39. The van der Waals surface area contributed by atoms with E-state index in [1.165, 1.54) is 19.3 Å². The van der Waals surface area contributed by atoms with Crippen molar-refractivity contribution in [1.82, 2.24) is 4.90 Å². The van der Waals surface area contributed by atoms with Gasteiger partial charge in [-0.1, -0.05) is 13.3 Å². The molecular weight excluding hydrogens is 216 g/mol. The molecule has 2 aliphatic rings. The van der Waals surface area contributed by atoms with E-state index in [0.717, 1.165) is 25.4 Å². The Kier molecular flexibility index (Phi) is 3.73. The van der Waals surface area contributed by atoms with Crippen LogP contribution >= 0.6 is 0 Å². The summed E-state index contributed by atoms with van der Waals surface area (Å²) in [4.78, 5) is 13.6. The molecule has 2 rings (SSSR count). The summed E-state index contributed by atoms with van der Waals surface area (Å²) in [5, 5.41) is 9.13. The van der Waals surface area contributed by atoms with E-state index >= 15 is 0 Å². The van der Waals surface area contributed by atoms with E-state index in [9.17, 15) is 4.79 Å². The molecule has 3 N–H and O–H groups in total. The SMILES string of the molecule is CCCC1CCN(C2CCC(N)(C(=O)O)C2)C1. The first-order valence-electron chi connectivity index (χ1n) is 6.81. The largest absolute Gasteiger partial charge is 0.480 e. The van der Waals surface area contributed by atoms with E-state index in [4.69, 9.17) is 10.8 Å². The molecule has 2 fully saturated rings. The lowest BCUT2D eigenvalue weighted by Crippen LogP contribution is -2.47. The number of carboxylic acids is 1. The van der Waals surface area contributed by atoms with Crippen molar-refractivity contribution in [2.45, 2.75) is 57.0 Å². The number of likely N-dealkylation sites (tertiary alicyclic amines) is 1. The van der Waals surface area contributed by atoms with E-state index in [1.807, 2.05) is 0 Å². The highest BCUT2D eigenvalue weighted by atomic mass is 16.4. The van der Waals surface area contributed by atoms with Crippen molar-refractivity contribution in [2.75, 3.05) is 13.1 Å². The molecule has 0 aromatic carbocycles. The number of carbonyl (C=O) groups is 1. The van der Waals surface area contributed by atoms with Gasteiger partial charge in [-0.25, -0.2) is 0 Å². The van der Waals surface area contributed by atoms with Crippen molar-refractivity contribution in [1.29, 1.82) is 0 Å². The zero-order valence-corrected chi connectivity index (χ0v) is 10.7. The number of hydrogen-bond acceptors (Lipinski definition) is 3. The molecule has 4 nitrogen and oxygen atoms in total. The number of hydrogen-bond donors (Lipinski definition) is 2. The average molecular weight is 240 g/mol. The second-order valence-electron chi connectivity index (χ2n) is 5.80. The van der Waals surface area contributed by atoms with Crippen molar-refractivity contribution >= 4 is 5.97 Å². The van der Waals surface area contributed by atoms with Gasteiger partial charge in [0.25, 0.3) is 0 Å². The minimum Gasteiger partial charge on any atom is -0.480 e. The van der Waals surface area contributed by atoms with Crippen LogP contribution in [0.3, 0.4) is 0 Å². The van der Waals surface area contributed by atoms with Crippen LogP contribution < -0.4 is 5.73 Å². The molecule has 1 aliphatic heterocycles. The van der Waals surface area contributed by atoms with Gasteiger partial charge >= 0.3 is 5.97 Å². The monoisotopic (exact) mass is 240 g/mol. The normalized spacial score (nSPS) is 38.7. The molecule has 17 heavy (non-hydrogen) atoms. The van der Waals surface area contributed by atoms with Crippen LogP contribution in [0.5, 0.6) is 0 Å². The summed E-state index contributed by atoms with van der Waals surface area (Å²) in [5.41, 5.74) is 4.96. The van der Waals surface area contributed by atoms with Crippen LogP contribution in [0.1, 0.15) is 45.4 Å². The van der Waals surface area contributed by atoms with E-state index < -0.39 is 11.5 Å². The highest BCUT2D eigenvalue weighted by Crippen LogP contribution is 2.34. The Labute approximate surface area is 103 Å². The Morgan fingerprint density at radius 1 is 1.53 bits per heavy atom. The lowest BCUT2D eigenvalue weighted by atomic mass is 9.99. The van der Waals surface area contributed by atoms with Gasteiger partial charge in [-0.3, -0.25) is 4.79 Å². The second kappa shape index (κ2) is 4.94. The van der Waals surface area contributed by atoms with Gasteiger partial charge in [0.15, 0.2) is 0 Å². The summed E-state index contributed by atoms with van der Waals surface area (Å²) in [6, 6.07) is 0.401. The highest BCUT2D eigenvalue weighted by molar-refractivity contribution is 5.79. The van der Waals surface area contributed by atoms with Gasteiger partial charge < -0.3 is 15.7 Å². The molecule has 1 aliphatic carbocycles. The van der Waals surface area contributed by atoms with E-state index in [1.54, 1.807) is 0 Å². The number of nitrogens with two attached hydrogens (primary N) is 1. The second-order valence-corrected chi connectivity index (χ2v) is 5.80. The Morgan fingerprint density at radius 2 is 2.29 bits per heavy atom. The number of rotatable bonds is 4. The number of carboxylic acid groups (broad SMARTS) is 1. The molecule has 0 aromatic heterocycles. The molecule has 4 heteroatoms. The minimum atomic E-state index is -0.965. The van der Waals surface area contributed by atoms with Gasteiger partial charge in [0, 0.05) is 12.6 Å².